The van der Waals surface area contributed by atoms with Gasteiger partial charge in [-0.15, -0.1) is 12.4 Å². The summed E-state index contributed by atoms with van der Waals surface area (Å²) in [6, 6.07) is 3.79. The molecule has 1 N–H and O–H groups in total. The molecule has 1 aliphatic rings. The van der Waals surface area contributed by atoms with Crippen LogP contribution in [-0.2, 0) is 13.0 Å². The predicted octanol–water partition coefficient (Wildman–Crippen LogP) is 3.98. The zero-order chi connectivity index (χ0) is 14.3. The van der Waals surface area contributed by atoms with Crippen LogP contribution in [0.25, 0.3) is 11.1 Å². The molecule has 2 aromatic rings. The van der Waals surface area contributed by atoms with Crippen molar-refractivity contribution in [3.05, 3.63) is 58.7 Å². The monoisotopic (exact) mass is 317 g/mol. The van der Waals surface area contributed by atoms with E-state index in [4.69, 9.17) is 0 Å². The molecule has 2 aromatic carbocycles. The summed E-state index contributed by atoms with van der Waals surface area (Å²) in [7, 11) is 0. The van der Waals surface area contributed by atoms with Gasteiger partial charge in [-0.25, -0.2) is 17.6 Å². The predicted molar refractivity (Wildman–Crippen MR) is 74.4 cm³/mol. The van der Waals surface area contributed by atoms with E-state index in [2.05, 4.69) is 5.32 Å². The van der Waals surface area contributed by atoms with Crippen molar-refractivity contribution in [1.29, 1.82) is 0 Å². The summed E-state index contributed by atoms with van der Waals surface area (Å²) in [5, 5.41) is 3.04. The molecule has 0 aromatic heterocycles. The van der Waals surface area contributed by atoms with Gasteiger partial charge in [0.2, 0.25) is 0 Å². The van der Waals surface area contributed by atoms with Gasteiger partial charge in [0.05, 0.1) is 5.56 Å². The fourth-order valence-corrected chi connectivity index (χ4v) is 2.60. The standard InChI is InChI=1S/C15H11F4N.ClH/c16-8-5-13(18)15(14(19)6-8)10-1-2-12(17)9-3-4-20-7-11(9)10;/h1-2,5-6,20H,3-4,7H2;1H. The quantitative estimate of drug-likeness (QED) is 0.785. The summed E-state index contributed by atoms with van der Waals surface area (Å²) in [6.45, 7) is 0.945. The minimum atomic E-state index is -0.984. The third-order valence-electron chi connectivity index (χ3n) is 3.50. The van der Waals surface area contributed by atoms with Gasteiger partial charge in [0.1, 0.15) is 23.3 Å². The Labute approximate surface area is 125 Å². The van der Waals surface area contributed by atoms with Crippen molar-refractivity contribution in [2.75, 3.05) is 6.54 Å². The van der Waals surface area contributed by atoms with Crippen LogP contribution in [0.1, 0.15) is 11.1 Å². The van der Waals surface area contributed by atoms with E-state index in [9.17, 15) is 17.6 Å². The minimum absolute atomic E-state index is 0. The summed E-state index contributed by atoms with van der Waals surface area (Å²) in [4.78, 5) is 0. The molecule has 1 heterocycles. The molecule has 0 radical (unpaired) electrons. The van der Waals surface area contributed by atoms with E-state index in [0.29, 0.717) is 42.8 Å². The van der Waals surface area contributed by atoms with Gasteiger partial charge in [-0.3, -0.25) is 0 Å². The van der Waals surface area contributed by atoms with E-state index >= 15 is 0 Å². The van der Waals surface area contributed by atoms with Crippen LogP contribution in [-0.4, -0.2) is 6.54 Å². The maximum atomic E-state index is 13.9. The Bertz CT molecular complexity index is 665. The number of hydrogen-bond donors (Lipinski definition) is 1. The first-order valence-corrected chi connectivity index (χ1v) is 6.24. The van der Waals surface area contributed by atoms with Gasteiger partial charge in [-0.05, 0) is 35.7 Å². The molecule has 1 nitrogen and oxygen atoms in total. The van der Waals surface area contributed by atoms with Crippen molar-refractivity contribution < 1.29 is 17.6 Å². The normalized spacial score (nSPS) is 13.5. The minimum Gasteiger partial charge on any atom is -0.312 e. The molecule has 0 amide bonds. The van der Waals surface area contributed by atoms with Gasteiger partial charge in [-0.2, -0.15) is 0 Å². The summed E-state index contributed by atoms with van der Waals surface area (Å²) < 4.78 is 54.5. The number of rotatable bonds is 1. The van der Waals surface area contributed by atoms with Gasteiger partial charge in [0, 0.05) is 18.7 Å². The SMILES string of the molecule is Cl.Fc1cc(F)c(-c2ccc(F)c3c2CNCC3)c(F)c1. The highest BCUT2D eigenvalue weighted by atomic mass is 35.5. The van der Waals surface area contributed by atoms with Gasteiger partial charge in [0.15, 0.2) is 0 Å². The van der Waals surface area contributed by atoms with E-state index in [0.717, 1.165) is 0 Å². The molecule has 1 aliphatic heterocycles. The number of nitrogens with one attached hydrogen (secondary N) is 1. The Morgan fingerprint density at radius 1 is 0.857 bits per heavy atom. The van der Waals surface area contributed by atoms with Crippen molar-refractivity contribution in [3.63, 3.8) is 0 Å². The van der Waals surface area contributed by atoms with E-state index in [1.165, 1.54) is 12.1 Å². The first-order valence-electron chi connectivity index (χ1n) is 6.24. The Balaban J connectivity index is 0.00000161. The van der Waals surface area contributed by atoms with E-state index in [-0.39, 0.29) is 29.4 Å². The zero-order valence-electron chi connectivity index (χ0n) is 10.9. The average molecular weight is 318 g/mol. The molecule has 0 fully saturated rings. The van der Waals surface area contributed by atoms with Crippen molar-refractivity contribution in [2.45, 2.75) is 13.0 Å². The number of benzene rings is 2. The van der Waals surface area contributed by atoms with Gasteiger partial charge >= 0.3 is 0 Å². The second-order valence-electron chi connectivity index (χ2n) is 4.72. The lowest BCUT2D eigenvalue weighted by Gasteiger charge is -2.21. The van der Waals surface area contributed by atoms with E-state index in [1.54, 1.807) is 0 Å². The van der Waals surface area contributed by atoms with Crippen LogP contribution in [0.3, 0.4) is 0 Å². The van der Waals surface area contributed by atoms with Crippen LogP contribution in [0.5, 0.6) is 0 Å². The highest BCUT2D eigenvalue weighted by Gasteiger charge is 2.22. The Kier molecular flexibility index (Phi) is 4.54. The first-order chi connectivity index (χ1) is 9.58. The third-order valence-corrected chi connectivity index (χ3v) is 3.50. The fourth-order valence-electron chi connectivity index (χ4n) is 2.60. The molecule has 112 valence electrons. The van der Waals surface area contributed by atoms with Crippen molar-refractivity contribution in [3.8, 4) is 11.1 Å². The maximum absolute atomic E-state index is 13.9. The van der Waals surface area contributed by atoms with Crippen LogP contribution in [0.4, 0.5) is 17.6 Å². The molecule has 0 saturated carbocycles. The maximum Gasteiger partial charge on any atom is 0.136 e. The van der Waals surface area contributed by atoms with Crippen LogP contribution < -0.4 is 5.32 Å². The van der Waals surface area contributed by atoms with Crippen molar-refractivity contribution in [1.82, 2.24) is 5.32 Å². The fraction of sp³-hybridized carbons (Fsp3) is 0.200. The second kappa shape index (κ2) is 6.03. The highest BCUT2D eigenvalue weighted by Crippen LogP contribution is 2.33. The highest BCUT2D eigenvalue weighted by molar-refractivity contribution is 5.85. The molecule has 3 rings (SSSR count). The molecule has 0 atom stereocenters. The Morgan fingerprint density at radius 2 is 1.52 bits per heavy atom. The van der Waals surface area contributed by atoms with E-state index in [1.807, 2.05) is 0 Å². The summed E-state index contributed by atoms with van der Waals surface area (Å²) in [5.74, 6) is -3.32. The molecule has 0 saturated heterocycles. The molecule has 0 aliphatic carbocycles. The van der Waals surface area contributed by atoms with Crippen LogP contribution in [0.2, 0.25) is 0 Å². The van der Waals surface area contributed by atoms with E-state index < -0.39 is 17.5 Å². The summed E-state index contributed by atoms with van der Waals surface area (Å²) in [5.41, 5.74) is 0.944. The molecule has 21 heavy (non-hydrogen) atoms. The van der Waals surface area contributed by atoms with Crippen molar-refractivity contribution >= 4 is 12.4 Å². The molecule has 0 unspecified atom stereocenters. The van der Waals surface area contributed by atoms with Gasteiger partial charge in [-0.1, -0.05) is 6.07 Å². The van der Waals surface area contributed by atoms with Crippen LogP contribution >= 0.6 is 12.4 Å². The van der Waals surface area contributed by atoms with Gasteiger partial charge in [0.25, 0.3) is 0 Å². The lowest BCUT2D eigenvalue weighted by Crippen LogP contribution is -2.25. The Morgan fingerprint density at radius 3 is 2.19 bits per heavy atom. The Hall–Kier alpha value is -1.59. The molecule has 6 heteroatoms. The molecule has 0 spiro atoms. The van der Waals surface area contributed by atoms with Crippen LogP contribution in [0.15, 0.2) is 24.3 Å². The molecular weight excluding hydrogens is 306 g/mol. The number of hydrogen-bond acceptors (Lipinski definition) is 1. The average Bonchev–Trinajstić information content (AvgIpc) is 2.40. The largest absolute Gasteiger partial charge is 0.312 e. The number of halogens is 5. The third kappa shape index (κ3) is 2.76. The smallest absolute Gasteiger partial charge is 0.136 e. The molecular formula is C15H12ClF4N. The van der Waals surface area contributed by atoms with Crippen LogP contribution in [0, 0.1) is 23.3 Å². The zero-order valence-corrected chi connectivity index (χ0v) is 11.7. The lowest BCUT2D eigenvalue weighted by molar-refractivity contribution is 0.545. The second-order valence-corrected chi connectivity index (χ2v) is 4.72. The summed E-state index contributed by atoms with van der Waals surface area (Å²) >= 11 is 0. The van der Waals surface area contributed by atoms with Gasteiger partial charge < -0.3 is 5.32 Å². The lowest BCUT2D eigenvalue weighted by atomic mass is 9.91. The first kappa shape index (κ1) is 15.8. The topological polar surface area (TPSA) is 12.0 Å². The number of fused-ring (bicyclic) bond motifs is 1. The molecule has 0 bridgehead atoms. The summed E-state index contributed by atoms with van der Waals surface area (Å²) in [6.07, 6.45) is 0.458. The van der Waals surface area contributed by atoms with Crippen molar-refractivity contribution in [2.24, 2.45) is 0 Å².